The summed E-state index contributed by atoms with van der Waals surface area (Å²) < 4.78 is 0. The zero-order valence-corrected chi connectivity index (χ0v) is 15.7. The number of likely N-dealkylation sites (tertiary alicyclic amines) is 1. The van der Waals surface area contributed by atoms with E-state index in [0.29, 0.717) is 12.1 Å². The topological polar surface area (TPSA) is 43.8 Å². The van der Waals surface area contributed by atoms with Gasteiger partial charge in [-0.3, -0.25) is 14.6 Å². The molecule has 3 rings (SSSR count). The lowest BCUT2D eigenvalue weighted by Gasteiger charge is -2.39. The van der Waals surface area contributed by atoms with Gasteiger partial charge in [0, 0.05) is 25.2 Å². The van der Waals surface area contributed by atoms with Crippen molar-refractivity contribution in [3.63, 3.8) is 0 Å². The number of fused-ring (bicyclic) bond motifs is 1. The molecule has 1 aliphatic rings. The minimum absolute atomic E-state index is 0. The third kappa shape index (κ3) is 4.72. The fraction of sp³-hybridized carbons (Fsp3) is 0.450. The lowest BCUT2D eigenvalue weighted by Crippen LogP contribution is -2.45. The van der Waals surface area contributed by atoms with Gasteiger partial charge in [-0.05, 0) is 49.2 Å². The average molecular weight is 363 g/mol. The predicted octanol–water partition coefficient (Wildman–Crippen LogP) is 3.80. The molecule has 4 nitrogen and oxygen atoms in total. The summed E-state index contributed by atoms with van der Waals surface area (Å²) in [5.41, 5.74) is 1.35. The van der Waals surface area contributed by atoms with Crippen molar-refractivity contribution in [3.05, 3.63) is 48.0 Å². The summed E-state index contributed by atoms with van der Waals surface area (Å²) in [7, 11) is 1.92. The van der Waals surface area contributed by atoms with E-state index >= 15 is 0 Å². The minimum Gasteiger partial charge on any atom is -0.480 e. The normalized spacial score (nSPS) is 17.4. The van der Waals surface area contributed by atoms with Crippen molar-refractivity contribution in [2.45, 2.75) is 31.8 Å². The maximum atomic E-state index is 10.9. The molecule has 136 valence electrons. The van der Waals surface area contributed by atoms with E-state index in [1.165, 1.54) is 16.3 Å². The monoisotopic (exact) mass is 362 g/mol. The molecule has 0 saturated carbocycles. The molecule has 1 saturated heterocycles. The number of benzene rings is 2. The Labute approximate surface area is 155 Å². The quantitative estimate of drug-likeness (QED) is 0.878. The van der Waals surface area contributed by atoms with E-state index in [1.807, 2.05) is 11.9 Å². The van der Waals surface area contributed by atoms with Crippen molar-refractivity contribution >= 4 is 29.1 Å². The Kier molecular flexibility index (Phi) is 6.82. The van der Waals surface area contributed by atoms with E-state index < -0.39 is 5.97 Å². The van der Waals surface area contributed by atoms with Gasteiger partial charge in [0.25, 0.3) is 0 Å². The van der Waals surface area contributed by atoms with E-state index in [-0.39, 0.29) is 19.0 Å². The highest BCUT2D eigenvalue weighted by Gasteiger charge is 2.26. The molecule has 0 aromatic heterocycles. The second-order valence-electron chi connectivity index (χ2n) is 6.86. The lowest BCUT2D eigenvalue weighted by atomic mass is 9.97. The number of hydrogen-bond donors (Lipinski definition) is 1. The summed E-state index contributed by atoms with van der Waals surface area (Å²) in [6.07, 6.45) is 2.06. The highest BCUT2D eigenvalue weighted by atomic mass is 35.5. The molecule has 1 aliphatic heterocycles. The number of nitrogens with zero attached hydrogens (tertiary/aromatic N) is 2. The zero-order valence-electron chi connectivity index (χ0n) is 14.9. The van der Waals surface area contributed by atoms with E-state index in [2.05, 4.69) is 54.3 Å². The molecule has 1 atom stereocenters. The minimum atomic E-state index is -0.746. The molecule has 25 heavy (non-hydrogen) atoms. The molecule has 1 unspecified atom stereocenters. The van der Waals surface area contributed by atoms with Gasteiger partial charge in [0.15, 0.2) is 0 Å². The number of likely N-dealkylation sites (N-methyl/N-ethyl adjacent to an activating group) is 1. The zero-order chi connectivity index (χ0) is 17.1. The Bertz CT molecular complexity index is 714. The van der Waals surface area contributed by atoms with Gasteiger partial charge < -0.3 is 5.11 Å². The lowest BCUT2D eigenvalue weighted by molar-refractivity contribution is -0.138. The number of piperidine rings is 1. The van der Waals surface area contributed by atoms with Crippen molar-refractivity contribution in [1.29, 1.82) is 0 Å². The van der Waals surface area contributed by atoms with Crippen molar-refractivity contribution in [2.75, 3.05) is 26.7 Å². The van der Waals surface area contributed by atoms with Crippen LogP contribution in [0.1, 0.15) is 31.4 Å². The highest BCUT2D eigenvalue weighted by molar-refractivity contribution is 5.85. The van der Waals surface area contributed by atoms with Crippen molar-refractivity contribution in [3.8, 4) is 0 Å². The fourth-order valence-corrected chi connectivity index (χ4v) is 3.73. The van der Waals surface area contributed by atoms with Gasteiger partial charge in [-0.15, -0.1) is 12.4 Å². The molecule has 1 N–H and O–H groups in total. The molecule has 0 spiro atoms. The van der Waals surface area contributed by atoms with Crippen molar-refractivity contribution in [2.24, 2.45) is 0 Å². The first-order valence-corrected chi connectivity index (χ1v) is 8.69. The Morgan fingerprint density at radius 2 is 1.84 bits per heavy atom. The van der Waals surface area contributed by atoms with Gasteiger partial charge in [0.05, 0.1) is 6.54 Å². The average Bonchev–Trinajstić information content (AvgIpc) is 2.60. The van der Waals surface area contributed by atoms with E-state index in [9.17, 15) is 4.79 Å². The molecular weight excluding hydrogens is 336 g/mol. The van der Waals surface area contributed by atoms with Gasteiger partial charge in [0.1, 0.15) is 0 Å². The molecular formula is C20H27ClN2O2. The second-order valence-corrected chi connectivity index (χ2v) is 6.86. The largest absolute Gasteiger partial charge is 0.480 e. The summed E-state index contributed by atoms with van der Waals surface area (Å²) >= 11 is 0. The van der Waals surface area contributed by atoms with Crippen LogP contribution in [0.4, 0.5) is 0 Å². The highest BCUT2D eigenvalue weighted by Crippen LogP contribution is 2.27. The summed E-state index contributed by atoms with van der Waals surface area (Å²) in [6.45, 7) is 4.43. The Balaban J connectivity index is 0.00000225. The number of aliphatic carboxylic acids is 1. The maximum absolute atomic E-state index is 10.9. The van der Waals surface area contributed by atoms with Gasteiger partial charge in [-0.1, -0.05) is 36.4 Å². The van der Waals surface area contributed by atoms with Crippen LogP contribution in [0.15, 0.2) is 42.5 Å². The van der Waals surface area contributed by atoms with Gasteiger partial charge in [-0.25, -0.2) is 0 Å². The molecule has 0 aliphatic carbocycles. The smallest absolute Gasteiger partial charge is 0.317 e. The summed E-state index contributed by atoms with van der Waals surface area (Å²) in [6, 6.07) is 16.0. The van der Waals surface area contributed by atoms with Crippen LogP contribution in [0, 0.1) is 0 Å². The number of rotatable bonds is 5. The van der Waals surface area contributed by atoms with Crippen LogP contribution in [-0.2, 0) is 4.79 Å². The molecule has 0 radical (unpaired) electrons. The first-order chi connectivity index (χ1) is 11.5. The van der Waals surface area contributed by atoms with Crippen molar-refractivity contribution < 1.29 is 9.90 Å². The van der Waals surface area contributed by atoms with Crippen LogP contribution in [0.5, 0.6) is 0 Å². The van der Waals surface area contributed by atoms with Crippen molar-refractivity contribution in [1.82, 2.24) is 9.80 Å². The van der Waals surface area contributed by atoms with Crippen LogP contribution < -0.4 is 0 Å². The summed E-state index contributed by atoms with van der Waals surface area (Å²) in [5, 5.41) is 11.5. The molecule has 2 aromatic carbocycles. The van der Waals surface area contributed by atoms with Gasteiger partial charge >= 0.3 is 5.97 Å². The number of carboxylic acids is 1. The number of carboxylic acid groups (broad SMARTS) is 1. The molecule has 0 bridgehead atoms. The summed E-state index contributed by atoms with van der Waals surface area (Å²) in [5.74, 6) is -0.746. The Hall–Kier alpha value is -1.62. The van der Waals surface area contributed by atoms with Gasteiger partial charge in [-0.2, -0.15) is 0 Å². The molecule has 1 fully saturated rings. The molecule has 5 heteroatoms. The molecule has 1 heterocycles. The predicted molar refractivity (Wildman–Crippen MR) is 104 cm³/mol. The third-order valence-electron chi connectivity index (χ3n) is 5.31. The Morgan fingerprint density at radius 1 is 1.20 bits per heavy atom. The first-order valence-electron chi connectivity index (χ1n) is 8.69. The van der Waals surface area contributed by atoms with Crippen LogP contribution in [0.25, 0.3) is 10.8 Å². The fourth-order valence-electron chi connectivity index (χ4n) is 3.73. The SMILES string of the molecule is CC(c1ccc2ccccc2c1)N1CCC(N(C)CC(=O)O)CC1.Cl. The standard InChI is InChI=1S/C20H26N2O2.ClH/c1-15(17-8-7-16-5-3-4-6-18(16)13-17)22-11-9-19(10-12-22)21(2)14-20(23)24;/h3-8,13,15,19H,9-12,14H2,1-2H3,(H,23,24);1H. The first kappa shape index (κ1) is 19.7. The van der Waals surface area contributed by atoms with Crippen LogP contribution >= 0.6 is 12.4 Å². The number of hydrogen-bond acceptors (Lipinski definition) is 3. The second kappa shape index (κ2) is 8.65. The number of halogens is 1. The summed E-state index contributed by atoms with van der Waals surface area (Å²) in [4.78, 5) is 15.3. The van der Waals surface area contributed by atoms with Gasteiger partial charge in [0.2, 0.25) is 0 Å². The van der Waals surface area contributed by atoms with E-state index in [4.69, 9.17) is 5.11 Å². The van der Waals surface area contributed by atoms with E-state index in [1.54, 1.807) is 0 Å². The molecule has 2 aromatic rings. The third-order valence-corrected chi connectivity index (χ3v) is 5.31. The van der Waals surface area contributed by atoms with Crippen LogP contribution in [-0.4, -0.2) is 53.6 Å². The maximum Gasteiger partial charge on any atom is 0.317 e. The molecule has 0 amide bonds. The van der Waals surface area contributed by atoms with Crippen LogP contribution in [0.3, 0.4) is 0 Å². The number of carbonyl (C=O) groups is 1. The Morgan fingerprint density at radius 3 is 2.48 bits per heavy atom. The van der Waals surface area contributed by atoms with Crippen LogP contribution in [0.2, 0.25) is 0 Å². The van der Waals surface area contributed by atoms with E-state index in [0.717, 1.165) is 25.9 Å².